The number of aliphatic hydroxyl groups is 2. The molecular weight excluding hydrogens is 407 g/mol. The Kier molecular flexibility index (Phi) is 9.96. The molecule has 0 heterocycles. The number of esters is 1. The molecule has 0 saturated carbocycles. The van der Waals surface area contributed by atoms with Crippen molar-refractivity contribution in [1.29, 1.82) is 0 Å². The first-order valence-electron chi connectivity index (χ1n) is 12.5. The topological polar surface area (TPSA) is 104 Å². The van der Waals surface area contributed by atoms with Gasteiger partial charge in [-0.25, -0.2) is 0 Å². The molecule has 1 radical (unpaired) electrons. The van der Waals surface area contributed by atoms with Crippen LogP contribution in [0.4, 0.5) is 0 Å². The normalized spacial score (nSPS) is 32.1. The first kappa shape index (κ1) is 23.5. The van der Waals surface area contributed by atoms with Gasteiger partial charge in [-0.15, -0.1) is 0 Å². The fourth-order valence-corrected chi connectivity index (χ4v) is 4.72. The van der Waals surface area contributed by atoms with Gasteiger partial charge in [0.05, 0.1) is 24.5 Å². The van der Waals surface area contributed by atoms with Gasteiger partial charge in [0.25, 0.3) is 0 Å². The summed E-state index contributed by atoms with van der Waals surface area (Å²) >= 11 is 0. The van der Waals surface area contributed by atoms with Crippen molar-refractivity contribution < 1.29 is 33.8 Å². The van der Waals surface area contributed by atoms with E-state index in [0.29, 0.717) is 19.3 Å². The van der Waals surface area contributed by atoms with Crippen LogP contribution in [0.5, 0.6) is 0 Å². The van der Waals surface area contributed by atoms with Gasteiger partial charge in [0.1, 0.15) is 6.10 Å². The van der Waals surface area contributed by atoms with Crippen LogP contribution in [0.1, 0.15) is 70.3 Å². The van der Waals surface area contributed by atoms with Crippen LogP contribution in [0, 0.1) is 29.6 Å². The molecule has 3 N–H and O–H groups in total. The minimum atomic E-state index is -2.41. The molecule has 0 unspecified atom stereocenters. The van der Waals surface area contributed by atoms with Gasteiger partial charge >= 0.3 is 11.9 Å². The van der Waals surface area contributed by atoms with Gasteiger partial charge in [-0.3, -0.25) is 9.59 Å². The van der Waals surface area contributed by atoms with E-state index >= 15 is 0 Å². The Balaban J connectivity index is 0.00000578. The van der Waals surface area contributed by atoms with Crippen molar-refractivity contribution in [1.82, 2.24) is 0 Å². The fourth-order valence-electron chi connectivity index (χ4n) is 4.72. The smallest absolute Gasteiger partial charge is 0.308 e. The monoisotopic (exact) mass is 448 g/mol. The van der Waals surface area contributed by atoms with Gasteiger partial charge in [-0.1, -0.05) is 45.9 Å². The number of aliphatic carboxylic acids is 1. The summed E-state index contributed by atoms with van der Waals surface area (Å²) in [4.78, 5) is 23.5. The van der Waals surface area contributed by atoms with Crippen LogP contribution in [-0.2, 0) is 14.3 Å². The molecule has 6 nitrogen and oxygen atoms in total. The molecule has 0 amide bonds. The number of ether oxygens (including phenoxy) is 1. The molecule has 0 fully saturated rings. The second-order valence-electron chi connectivity index (χ2n) is 8.94. The zero-order valence-electron chi connectivity index (χ0n) is 22.2. The predicted molar refractivity (Wildman–Crippen MR) is 120 cm³/mol. The van der Waals surface area contributed by atoms with Crippen LogP contribution in [0.15, 0.2) is 23.8 Å². The van der Waals surface area contributed by atoms with E-state index in [1.807, 2.05) is 6.92 Å². The number of carboxylic acids is 1. The van der Waals surface area contributed by atoms with E-state index in [0.717, 1.165) is 5.57 Å². The quantitative estimate of drug-likeness (QED) is 0.350. The van der Waals surface area contributed by atoms with E-state index in [1.54, 1.807) is 6.92 Å². The minimum absolute atomic E-state index is 0. The maximum atomic E-state index is 12.8. The molecule has 0 aromatic rings. The molecule has 2 aliphatic rings. The minimum Gasteiger partial charge on any atom is -0.481 e. The van der Waals surface area contributed by atoms with Crippen molar-refractivity contribution >= 4 is 41.5 Å². The summed E-state index contributed by atoms with van der Waals surface area (Å²) in [5.41, 5.74) is 1.07. The third kappa shape index (κ3) is 8.32. The Morgan fingerprint density at radius 3 is 2.61 bits per heavy atom. The van der Waals surface area contributed by atoms with Gasteiger partial charge in [0, 0.05) is 39.6 Å². The summed E-state index contributed by atoms with van der Waals surface area (Å²) in [6.07, 6.45) is 5.28. The second kappa shape index (κ2) is 13.1. The Hall–Kier alpha value is -0.660. The van der Waals surface area contributed by atoms with Crippen LogP contribution in [-0.4, -0.2) is 75.1 Å². The van der Waals surface area contributed by atoms with Gasteiger partial charge in [-0.2, -0.15) is 0 Å². The number of hydrogen-bond donors (Lipinski definition) is 3. The molecule has 31 heavy (non-hydrogen) atoms. The fraction of sp³-hybridized carbons (Fsp3) is 0.750. The van der Waals surface area contributed by atoms with Crippen LogP contribution in [0.3, 0.4) is 0 Å². The van der Waals surface area contributed by atoms with Gasteiger partial charge in [0.2, 0.25) is 0 Å². The zero-order chi connectivity index (χ0) is 24.9. The molecule has 0 saturated heterocycles. The summed E-state index contributed by atoms with van der Waals surface area (Å²) in [7, 11) is 0. The van der Waals surface area contributed by atoms with Crippen LogP contribution in [0.2, 0.25) is 0 Å². The summed E-state index contributed by atoms with van der Waals surface area (Å²) in [6, 6.07) is 0. The molecule has 0 bridgehead atoms. The number of carboxylic acid groups (broad SMARTS) is 1. The molecule has 2 rings (SSSR count). The molecule has 171 valence electrons. The molecule has 2 aliphatic carbocycles. The number of carbonyl (C=O) groups is 2. The Bertz CT molecular complexity index is 753. The molecule has 0 spiro atoms. The van der Waals surface area contributed by atoms with Crippen LogP contribution >= 0.6 is 0 Å². The van der Waals surface area contributed by atoms with E-state index in [-0.39, 0.29) is 66.1 Å². The maximum absolute atomic E-state index is 12.8. The Labute approximate surface area is 212 Å². The maximum Gasteiger partial charge on any atom is 0.308 e. The van der Waals surface area contributed by atoms with E-state index in [1.165, 1.54) is 0 Å². The average Bonchev–Trinajstić information content (AvgIpc) is 2.65. The van der Waals surface area contributed by atoms with Crippen molar-refractivity contribution in [2.75, 3.05) is 0 Å². The van der Waals surface area contributed by atoms with Crippen molar-refractivity contribution in [2.24, 2.45) is 29.6 Å². The van der Waals surface area contributed by atoms with E-state index in [4.69, 9.17) is 14.0 Å². The zero-order valence-corrected chi connectivity index (χ0v) is 21.2. The third-order valence-electron chi connectivity index (χ3n) is 6.34. The van der Waals surface area contributed by atoms with Crippen molar-refractivity contribution in [2.45, 2.75) is 84.5 Å². The Morgan fingerprint density at radius 1 is 1.29 bits per heavy atom. The summed E-state index contributed by atoms with van der Waals surface area (Å²) < 4.78 is 28.9. The molecular formula is C24H38NaO6. The third-order valence-corrected chi connectivity index (χ3v) is 6.34. The van der Waals surface area contributed by atoms with Crippen molar-refractivity contribution in [3.63, 3.8) is 0 Å². The van der Waals surface area contributed by atoms with Crippen LogP contribution < -0.4 is 0 Å². The van der Waals surface area contributed by atoms with Crippen LogP contribution in [0.25, 0.3) is 0 Å². The second-order valence-corrected chi connectivity index (χ2v) is 8.94. The van der Waals surface area contributed by atoms with Crippen molar-refractivity contribution in [3.8, 4) is 0 Å². The standard InChI is InChI=1S/C24H38O6.Na/c1-5-15(3)24(29)30-21-11-14(2)10-17-7-6-16(4)20(23(17)21)9-8-18(25)12-19(26)13-22(27)28;/h6-7,10,14-16,18-21,23,25-26H,5,8-9,11-13H2,1-4H3,(H,27,28);/t14-,15+,16-,18+,19+,20-,21-,23-;/m0./s1/i3D3;. The molecule has 8 atom stereocenters. The molecule has 7 heteroatoms. The van der Waals surface area contributed by atoms with Gasteiger partial charge < -0.3 is 20.1 Å². The first-order chi connectivity index (χ1) is 15.3. The number of allylic oxidation sites excluding steroid dienone is 3. The van der Waals surface area contributed by atoms with Gasteiger partial charge in [0.15, 0.2) is 0 Å². The number of hydrogen-bond acceptors (Lipinski definition) is 5. The number of aliphatic hydroxyl groups excluding tert-OH is 2. The van der Waals surface area contributed by atoms with Crippen molar-refractivity contribution in [3.05, 3.63) is 23.8 Å². The SMILES string of the molecule is [2H]C([2H])([2H])[C@H](CC)C(=O)O[C@H]1C[C@@H](C)C=C2C=C[C@H](C)[C@H](CC[C@@H](O)C[C@@H](O)CC(=O)O)[C@H]21.[Na]. The predicted octanol–water partition coefficient (Wildman–Crippen LogP) is 3.33. The largest absolute Gasteiger partial charge is 0.481 e. The Morgan fingerprint density at radius 2 is 2.00 bits per heavy atom. The molecule has 0 aromatic heterocycles. The molecule has 0 aromatic carbocycles. The van der Waals surface area contributed by atoms with E-state index in [9.17, 15) is 19.8 Å². The summed E-state index contributed by atoms with van der Waals surface area (Å²) in [5.74, 6) is -2.66. The number of fused-ring (bicyclic) bond motifs is 1. The van der Waals surface area contributed by atoms with E-state index in [2.05, 4.69) is 25.2 Å². The van der Waals surface area contributed by atoms with E-state index < -0.39 is 49.4 Å². The summed E-state index contributed by atoms with van der Waals surface area (Å²) in [6.45, 7) is 3.36. The number of carbonyl (C=O) groups excluding carboxylic acids is 1. The summed E-state index contributed by atoms with van der Waals surface area (Å²) in [5, 5.41) is 29.0. The number of rotatable bonds is 10. The van der Waals surface area contributed by atoms with Gasteiger partial charge in [-0.05, 0) is 55.4 Å². The first-order valence-corrected chi connectivity index (χ1v) is 11.0. The molecule has 0 aliphatic heterocycles. The average molecular weight is 449 g/mol.